The Morgan fingerprint density at radius 1 is 1.17 bits per heavy atom. The first-order valence-corrected chi connectivity index (χ1v) is 10.9. The third-order valence-corrected chi connectivity index (χ3v) is 6.52. The number of amidine groups is 1. The minimum Gasteiger partial charge on any atom is -0.497 e. The van der Waals surface area contributed by atoms with Crippen LogP contribution in [0.2, 0.25) is 0 Å². The topological polar surface area (TPSA) is 71.4 Å². The fourth-order valence-electron chi connectivity index (χ4n) is 4.08. The van der Waals surface area contributed by atoms with Crippen LogP contribution in [0.4, 0.5) is 0 Å². The first-order chi connectivity index (χ1) is 14.5. The van der Waals surface area contributed by atoms with E-state index in [2.05, 4.69) is 4.99 Å². The Morgan fingerprint density at radius 2 is 1.87 bits per heavy atom. The van der Waals surface area contributed by atoms with Gasteiger partial charge in [-0.1, -0.05) is 23.9 Å². The van der Waals surface area contributed by atoms with Crippen LogP contribution >= 0.6 is 11.8 Å². The maximum Gasteiger partial charge on any atom is 0.338 e. The first-order valence-electron chi connectivity index (χ1n) is 9.98. The molecule has 30 heavy (non-hydrogen) atoms. The van der Waals surface area contributed by atoms with Crippen LogP contribution in [-0.4, -0.2) is 54.2 Å². The van der Waals surface area contributed by atoms with Crippen molar-refractivity contribution in [1.29, 1.82) is 0 Å². The van der Waals surface area contributed by atoms with Gasteiger partial charge in [0.05, 0.1) is 38.0 Å². The Morgan fingerprint density at radius 3 is 2.50 bits per heavy atom. The Labute approximate surface area is 180 Å². The molecule has 0 aromatic heterocycles. The van der Waals surface area contributed by atoms with Crippen molar-refractivity contribution in [1.82, 2.24) is 9.80 Å². The Hall–Kier alpha value is -2.74. The summed E-state index contributed by atoms with van der Waals surface area (Å²) in [5, 5.41) is 2.74. The van der Waals surface area contributed by atoms with E-state index in [-0.39, 0.29) is 12.3 Å². The summed E-state index contributed by atoms with van der Waals surface area (Å²) in [6, 6.07) is 7.19. The fraction of sp³-hybridized carbons (Fsp3) is 0.409. The Kier molecular flexibility index (Phi) is 5.85. The lowest BCUT2D eigenvalue weighted by Gasteiger charge is -2.36. The molecule has 0 N–H and O–H groups in total. The molecule has 8 heteroatoms. The fourth-order valence-corrected chi connectivity index (χ4v) is 5.04. The molecule has 1 amide bonds. The van der Waals surface area contributed by atoms with E-state index in [4.69, 9.17) is 9.47 Å². The molecule has 1 aromatic rings. The van der Waals surface area contributed by atoms with Gasteiger partial charge in [0.2, 0.25) is 5.91 Å². The van der Waals surface area contributed by atoms with Crippen LogP contribution in [0.1, 0.15) is 37.8 Å². The summed E-state index contributed by atoms with van der Waals surface area (Å²) in [6.45, 7) is 3.45. The normalized spacial score (nSPS) is 20.7. The third-order valence-electron chi connectivity index (χ3n) is 5.63. The Bertz CT molecular complexity index is 946. The van der Waals surface area contributed by atoms with Crippen LogP contribution in [0, 0.1) is 0 Å². The number of benzene rings is 1. The van der Waals surface area contributed by atoms with Crippen molar-refractivity contribution in [3.8, 4) is 5.75 Å². The zero-order valence-electron chi connectivity index (χ0n) is 17.4. The van der Waals surface area contributed by atoms with Crippen LogP contribution in [-0.2, 0) is 14.3 Å². The quantitative estimate of drug-likeness (QED) is 0.671. The van der Waals surface area contributed by atoms with Gasteiger partial charge in [-0.25, -0.2) is 9.79 Å². The van der Waals surface area contributed by atoms with Gasteiger partial charge in [0.15, 0.2) is 5.17 Å². The lowest BCUT2D eigenvalue weighted by Crippen LogP contribution is -2.38. The minimum atomic E-state index is -0.418. The molecule has 0 saturated carbocycles. The van der Waals surface area contributed by atoms with Gasteiger partial charge in [0, 0.05) is 18.8 Å². The van der Waals surface area contributed by atoms with Crippen molar-refractivity contribution in [2.75, 3.05) is 27.3 Å². The molecule has 3 heterocycles. The molecule has 1 atom stereocenters. The molecular formula is C22H25N3O4S. The minimum absolute atomic E-state index is 0.111. The molecule has 4 rings (SSSR count). The summed E-state index contributed by atoms with van der Waals surface area (Å²) < 4.78 is 10.4. The van der Waals surface area contributed by atoms with Gasteiger partial charge in [-0.3, -0.25) is 4.79 Å². The van der Waals surface area contributed by atoms with Gasteiger partial charge in [-0.15, -0.1) is 0 Å². The molecule has 0 spiro atoms. The number of carbonyl (C=O) groups excluding carboxylic acids is 2. The van der Waals surface area contributed by atoms with E-state index in [1.54, 1.807) is 7.11 Å². The second-order valence-corrected chi connectivity index (χ2v) is 8.26. The molecule has 0 bridgehead atoms. The summed E-state index contributed by atoms with van der Waals surface area (Å²) in [4.78, 5) is 34.1. The molecule has 3 aliphatic heterocycles. The van der Waals surface area contributed by atoms with Crippen LogP contribution in [0.15, 0.2) is 51.6 Å². The summed E-state index contributed by atoms with van der Waals surface area (Å²) in [7, 11) is 2.99. The van der Waals surface area contributed by atoms with Crippen molar-refractivity contribution in [2.45, 2.75) is 32.2 Å². The summed E-state index contributed by atoms with van der Waals surface area (Å²) >= 11 is 1.48. The van der Waals surface area contributed by atoms with Crippen molar-refractivity contribution >= 4 is 28.8 Å². The smallest absolute Gasteiger partial charge is 0.338 e. The van der Waals surface area contributed by atoms with E-state index in [0.717, 1.165) is 48.1 Å². The van der Waals surface area contributed by atoms with E-state index in [1.807, 2.05) is 46.4 Å². The number of fused-ring (bicyclic) bond motifs is 1. The number of hydrogen-bond donors (Lipinski definition) is 0. The van der Waals surface area contributed by atoms with E-state index < -0.39 is 12.0 Å². The molecule has 3 aliphatic rings. The number of hydrogen-bond acceptors (Lipinski definition) is 7. The number of allylic oxidation sites excluding steroid dienone is 1. The lowest BCUT2D eigenvalue weighted by atomic mass is 9.93. The first kappa shape index (κ1) is 20.5. The number of carbonyl (C=O) groups is 2. The Balaban J connectivity index is 1.71. The van der Waals surface area contributed by atoms with E-state index >= 15 is 0 Å². The number of esters is 1. The predicted molar refractivity (Wildman–Crippen MR) is 116 cm³/mol. The highest BCUT2D eigenvalue weighted by Gasteiger charge is 2.41. The van der Waals surface area contributed by atoms with E-state index in [1.165, 1.54) is 18.9 Å². The number of rotatable bonds is 5. The van der Waals surface area contributed by atoms with Gasteiger partial charge in [-0.2, -0.15) is 0 Å². The summed E-state index contributed by atoms with van der Waals surface area (Å²) in [5.41, 5.74) is 2.87. The molecular weight excluding hydrogens is 402 g/mol. The monoisotopic (exact) mass is 427 g/mol. The van der Waals surface area contributed by atoms with Gasteiger partial charge >= 0.3 is 5.97 Å². The van der Waals surface area contributed by atoms with Crippen molar-refractivity contribution in [2.24, 2.45) is 4.99 Å². The predicted octanol–water partition coefficient (Wildman–Crippen LogP) is 3.46. The number of likely N-dealkylation sites (tertiary alicyclic amines) is 1. The van der Waals surface area contributed by atoms with Crippen LogP contribution < -0.4 is 4.74 Å². The number of amides is 1. The van der Waals surface area contributed by atoms with Crippen molar-refractivity contribution < 1.29 is 19.1 Å². The van der Waals surface area contributed by atoms with Gasteiger partial charge < -0.3 is 19.3 Å². The standard InChI is InChI=1S/C22H25N3O4S/c1-14-19(21(27)29-3)20(15-6-8-17(28-2)9-7-15)25-16(13-30-22(25)23-14)12-18(26)24-10-4-5-11-24/h6-9,13,20H,4-5,10-12H2,1-3H3/t20-/m0/s1. The largest absolute Gasteiger partial charge is 0.497 e. The van der Waals surface area contributed by atoms with E-state index in [9.17, 15) is 9.59 Å². The number of methoxy groups -OCH3 is 2. The van der Waals surface area contributed by atoms with Crippen LogP contribution in [0.3, 0.4) is 0 Å². The van der Waals surface area contributed by atoms with Crippen LogP contribution in [0.25, 0.3) is 0 Å². The number of nitrogens with zero attached hydrogens (tertiary/aromatic N) is 3. The maximum absolute atomic E-state index is 12.8. The molecule has 0 aliphatic carbocycles. The zero-order valence-corrected chi connectivity index (χ0v) is 18.2. The van der Waals surface area contributed by atoms with Gasteiger partial charge in [-0.05, 0) is 42.9 Å². The summed E-state index contributed by atoms with van der Waals surface area (Å²) in [6.07, 6.45) is 2.39. The molecule has 0 radical (unpaired) electrons. The third kappa shape index (κ3) is 3.71. The number of thioether (sulfide) groups is 1. The number of ether oxygens (including phenoxy) is 2. The van der Waals surface area contributed by atoms with Crippen LogP contribution in [0.5, 0.6) is 5.75 Å². The summed E-state index contributed by atoms with van der Waals surface area (Å²) in [5.74, 6) is 0.428. The molecule has 1 fully saturated rings. The van der Waals surface area contributed by atoms with E-state index in [0.29, 0.717) is 11.3 Å². The van der Waals surface area contributed by atoms with Crippen molar-refractivity contribution in [3.63, 3.8) is 0 Å². The van der Waals surface area contributed by atoms with Gasteiger partial charge in [0.25, 0.3) is 0 Å². The second-order valence-electron chi connectivity index (χ2n) is 7.42. The average molecular weight is 428 g/mol. The van der Waals surface area contributed by atoms with Gasteiger partial charge in [0.1, 0.15) is 5.75 Å². The highest BCUT2D eigenvalue weighted by molar-refractivity contribution is 8.16. The lowest BCUT2D eigenvalue weighted by molar-refractivity contribution is -0.136. The molecule has 0 unspecified atom stereocenters. The highest BCUT2D eigenvalue weighted by atomic mass is 32.2. The second kappa shape index (κ2) is 8.55. The zero-order chi connectivity index (χ0) is 21.3. The maximum atomic E-state index is 12.8. The molecule has 1 saturated heterocycles. The molecule has 7 nitrogen and oxygen atoms in total. The SMILES string of the molecule is COC(=O)C1=C(C)N=C2SC=C(CC(=O)N3CCCC3)N2[C@H]1c1ccc(OC)cc1. The molecule has 1 aromatic carbocycles. The molecule has 158 valence electrons. The highest BCUT2D eigenvalue weighted by Crippen LogP contribution is 2.45. The number of aliphatic imine (C=N–C) groups is 1. The average Bonchev–Trinajstić information content (AvgIpc) is 3.43. The van der Waals surface area contributed by atoms with Crippen molar-refractivity contribution in [3.05, 3.63) is 52.2 Å².